The number of benzene rings is 2. The number of fused-ring (bicyclic) bond motifs is 1. The molecule has 0 spiro atoms. The van der Waals surface area contributed by atoms with Crippen LogP contribution in [0.15, 0.2) is 42.5 Å². The normalized spacial score (nSPS) is 10.8. The zero-order valence-corrected chi connectivity index (χ0v) is 10.2. The molecule has 0 atom stereocenters. The van der Waals surface area contributed by atoms with Gasteiger partial charge in [-0.15, -0.1) is 0 Å². The van der Waals surface area contributed by atoms with Crippen LogP contribution < -0.4 is 0 Å². The van der Waals surface area contributed by atoms with Gasteiger partial charge in [0.1, 0.15) is 0 Å². The molecule has 0 aromatic heterocycles. The zero-order valence-electron chi connectivity index (χ0n) is 10.2. The summed E-state index contributed by atoms with van der Waals surface area (Å²) >= 11 is 0. The molecule has 0 saturated heterocycles. The lowest BCUT2D eigenvalue weighted by atomic mass is 10.0. The van der Waals surface area contributed by atoms with E-state index in [1.165, 1.54) is 19.3 Å². The molecule has 0 aliphatic heterocycles. The molecule has 5 nitrogen and oxygen atoms in total. The summed E-state index contributed by atoms with van der Waals surface area (Å²) in [6.07, 6.45) is 2.55. The van der Waals surface area contributed by atoms with Crippen molar-refractivity contribution in [2.75, 3.05) is 7.11 Å². The van der Waals surface area contributed by atoms with E-state index in [1.807, 2.05) is 18.2 Å². The number of nitro benzene ring substituents is 1. The van der Waals surface area contributed by atoms with E-state index in [1.54, 1.807) is 12.1 Å². The Bertz CT molecular complexity index is 676. The predicted octanol–water partition coefficient (Wildman–Crippen LogP) is 2.93. The molecule has 0 saturated carbocycles. The van der Waals surface area contributed by atoms with Gasteiger partial charge in [0.15, 0.2) is 0 Å². The molecule has 0 radical (unpaired) electrons. The Morgan fingerprint density at radius 3 is 2.47 bits per heavy atom. The fourth-order valence-corrected chi connectivity index (χ4v) is 1.76. The monoisotopic (exact) mass is 257 g/mol. The van der Waals surface area contributed by atoms with Gasteiger partial charge in [-0.3, -0.25) is 10.1 Å². The lowest BCUT2D eigenvalue weighted by molar-refractivity contribution is -0.384. The average molecular weight is 257 g/mol. The molecule has 2 aromatic carbocycles. The molecule has 0 N–H and O–H groups in total. The summed E-state index contributed by atoms with van der Waals surface area (Å²) in [6.45, 7) is 0. The molecule has 0 unspecified atom stereocenters. The van der Waals surface area contributed by atoms with Gasteiger partial charge in [0.2, 0.25) is 0 Å². The van der Waals surface area contributed by atoms with Crippen LogP contribution in [0.25, 0.3) is 16.8 Å². The third kappa shape index (κ3) is 2.77. The summed E-state index contributed by atoms with van der Waals surface area (Å²) < 4.78 is 4.46. The number of nitrogens with zero attached hydrogens (tertiary/aromatic N) is 1. The lowest BCUT2D eigenvalue weighted by Gasteiger charge is -2.01. The van der Waals surface area contributed by atoms with E-state index in [2.05, 4.69) is 4.74 Å². The smallest absolute Gasteiger partial charge is 0.330 e. The minimum absolute atomic E-state index is 0.0427. The number of nitro groups is 1. The van der Waals surface area contributed by atoms with E-state index in [-0.39, 0.29) is 5.69 Å². The first kappa shape index (κ1) is 12.8. The molecule has 2 aromatic rings. The molecule has 19 heavy (non-hydrogen) atoms. The van der Waals surface area contributed by atoms with Gasteiger partial charge >= 0.3 is 5.97 Å². The molecule has 0 bridgehead atoms. The third-order valence-corrected chi connectivity index (χ3v) is 2.69. The number of esters is 1. The van der Waals surface area contributed by atoms with Crippen LogP contribution in [0, 0.1) is 10.1 Å². The highest BCUT2D eigenvalue weighted by molar-refractivity contribution is 5.92. The Kier molecular flexibility index (Phi) is 3.56. The fourth-order valence-electron chi connectivity index (χ4n) is 1.76. The maximum atomic E-state index is 11.1. The standard InChI is InChI=1S/C14H11NO4/c1-19-14(16)7-6-12-8-10-4-2-3-5-11(10)9-13(12)15(17)18/h2-9H,1H3/b7-6+. The van der Waals surface area contributed by atoms with Crippen molar-refractivity contribution in [3.63, 3.8) is 0 Å². The molecule has 2 rings (SSSR count). The number of hydrogen-bond donors (Lipinski definition) is 0. The van der Waals surface area contributed by atoms with Crippen LogP contribution in [0.1, 0.15) is 5.56 Å². The van der Waals surface area contributed by atoms with Crippen LogP contribution in [0.5, 0.6) is 0 Å². The topological polar surface area (TPSA) is 69.4 Å². The molecule has 0 aliphatic rings. The Balaban J connectivity index is 2.57. The van der Waals surface area contributed by atoms with Crippen LogP contribution >= 0.6 is 0 Å². The highest BCUT2D eigenvalue weighted by atomic mass is 16.6. The third-order valence-electron chi connectivity index (χ3n) is 2.69. The Morgan fingerprint density at radius 2 is 1.89 bits per heavy atom. The van der Waals surface area contributed by atoms with E-state index in [9.17, 15) is 14.9 Å². The maximum absolute atomic E-state index is 11.1. The van der Waals surface area contributed by atoms with Crippen molar-refractivity contribution in [3.8, 4) is 0 Å². The quantitative estimate of drug-likeness (QED) is 0.367. The van der Waals surface area contributed by atoms with Gasteiger partial charge in [0, 0.05) is 12.1 Å². The summed E-state index contributed by atoms with van der Waals surface area (Å²) in [5.74, 6) is -0.553. The second kappa shape index (κ2) is 5.30. The highest BCUT2D eigenvalue weighted by Gasteiger charge is 2.13. The summed E-state index contributed by atoms with van der Waals surface area (Å²) in [4.78, 5) is 21.6. The second-order valence-electron chi connectivity index (χ2n) is 3.87. The molecular formula is C14H11NO4. The van der Waals surface area contributed by atoms with Crippen LogP contribution in [0.4, 0.5) is 5.69 Å². The Labute approximate surface area is 109 Å². The molecule has 0 aliphatic carbocycles. The average Bonchev–Trinajstić information content (AvgIpc) is 2.43. The lowest BCUT2D eigenvalue weighted by Crippen LogP contribution is -1.95. The van der Waals surface area contributed by atoms with Crippen molar-refractivity contribution in [2.24, 2.45) is 0 Å². The Morgan fingerprint density at radius 1 is 1.26 bits per heavy atom. The van der Waals surface area contributed by atoms with Gasteiger partial charge in [-0.2, -0.15) is 0 Å². The number of ether oxygens (including phenoxy) is 1. The number of carbonyl (C=O) groups excluding carboxylic acids is 1. The van der Waals surface area contributed by atoms with Crippen LogP contribution in [-0.4, -0.2) is 18.0 Å². The number of rotatable bonds is 3. The van der Waals surface area contributed by atoms with Crippen molar-refractivity contribution in [2.45, 2.75) is 0 Å². The molecule has 96 valence electrons. The summed E-state index contributed by atoms with van der Waals surface area (Å²) in [7, 11) is 1.25. The largest absolute Gasteiger partial charge is 0.466 e. The second-order valence-corrected chi connectivity index (χ2v) is 3.87. The summed E-state index contributed by atoms with van der Waals surface area (Å²) in [6, 6.07) is 10.5. The number of hydrogen-bond acceptors (Lipinski definition) is 4. The molecule has 0 amide bonds. The van der Waals surface area contributed by atoms with Crippen molar-refractivity contribution >= 4 is 28.5 Å². The minimum atomic E-state index is -0.553. The summed E-state index contributed by atoms with van der Waals surface area (Å²) in [5, 5.41) is 12.7. The predicted molar refractivity (Wildman–Crippen MR) is 71.7 cm³/mol. The maximum Gasteiger partial charge on any atom is 0.330 e. The first-order chi connectivity index (χ1) is 9.11. The summed E-state index contributed by atoms with van der Waals surface area (Å²) in [5.41, 5.74) is 0.327. The first-order valence-corrected chi connectivity index (χ1v) is 5.55. The van der Waals surface area contributed by atoms with Crippen molar-refractivity contribution in [1.82, 2.24) is 0 Å². The van der Waals surface area contributed by atoms with Crippen LogP contribution in [0.2, 0.25) is 0 Å². The SMILES string of the molecule is COC(=O)/C=C/c1cc2ccccc2cc1[N+](=O)[O-]. The molecule has 0 heterocycles. The van der Waals surface area contributed by atoms with Gasteiger partial charge in [-0.05, 0) is 22.9 Å². The van der Waals surface area contributed by atoms with Crippen LogP contribution in [0.3, 0.4) is 0 Å². The van der Waals surface area contributed by atoms with Crippen molar-refractivity contribution < 1.29 is 14.5 Å². The number of methoxy groups -OCH3 is 1. The fraction of sp³-hybridized carbons (Fsp3) is 0.0714. The van der Waals surface area contributed by atoms with E-state index >= 15 is 0 Å². The van der Waals surface area contributed by atoms with E-state index in [4.69, 9.17) is 0 Å². The van der Waals surface area contributed by atoms with Gasteiger partial charge < -0.3 is 4.74 Å². The van der Waals surface area contributed by atoms with Crippen molar-refractivity contribution in [3.05, 3.63) is 58.2 Å². The zero-order chi connectivity index (χ0) is 13.8. The Hall–Kier alpha value is -2.69. The van der Waals surface area contributed by atoms with E-state index < -0.39 is 10.9 Å². The molecule has 5 heteroatoms. The van der Waals surface area contributed by atoms with Gasteiger partial charge in [-0.25, -0.2) is 4.79 Å². The van der Waals surface area contributed by atoms with Gasteiger partial charge in [-0.1, -0.05) is 24.3 Å². The van der Waals surface area contributed by atoms with Gasteiger partial charge in [0.25, 0.3) is 5.69 Å². The highest BCUT2D eigenvalue weighted by Crippen LogP contribution is 2.26. The minimum Gasteiger partial charge on any atom is -0.466 e. The number of carbonyl (C=O) groups is 1. The molecule has 0 fully saturated rings. The van der Waals surface area contributed by atoms with Gasteiger partial charge in [0.05, 0.1) is 17.6 Å². The molecular weight excluding hydrogens is 246 g/mol. The van der Waals surface area contributed by atoms with E-state index in [0.717, 1.165) is 16.8 Å². The van der Waals surface area contributed by atoms with Crippen molar-refractivity contribution in [1.29, 1.82) is 0 Å². The first-order valence-electron chi connectivity index (χ1n) is 5.55. The van der Waals surface area contributed by atoms with Crippen LogP contribution in [-0.2, 0) is 9.53 Å². The van der Waals surface area contributed by atoms with E-state index in [0.29, 0.717) is 5.56 Å².